The van der Waals surface area contributed by atoms with E-state index < -0.39 is 0 Å². The summed E-state index contributed by atoms with van der Waals surface area (Å²) in [5.41, 5.74) is 4.20. The monoisotopic (exact) mass is 290 g/mol. The van der Waals surface area contributed by atoms with Gasteiger partial charge in [0, 0.05) is 30.4 Å². The lowest BCUT2D eigenvalue weighted by molar-refractivity contribution is 0.0343. The van der Waals surface area contributed by atoms with E-state index in [-0.39, 0.29) is 5.54 Å². The molecule has 1 aliphatic rings. The highest BCUT2D eigenvalue weighted by Crippen LogP contribution is 2.26. The van der Waals surface area contributed by atoms with Crippen molar-refractivity contribution in [2.75, 3.05) is 18.1 Å². The number of morpholine rings is 1. The molecule has 0 saturated carbocycles. The van der Waals surface area contributed by atoms with Crippen LogP contribution in [0.5, 0.6) is 0 Å². The van der Waals surface area contributed by atoms with Crippen LogP contribution in [-0.4, -0.2) is 30.8 Å². The predicted molar refractivity (Wildman–Crippen MR) is 90.0 cm³/mol. The van der Waals surface area contributed by atoms with Crippen LogP contribution in [0.25, 0.3) is 0 Å². The van der Waals surface area contributed by atoms with Gasteiger partial charge in [0.2, 0.25) is 0 Å². The third-order valence-electron chi connectivity index (χ3n) is 4.00. The van der Waals surface area contributed by atoms with Crippen molar-refractivity contribution < 1.29 is 4.74 Å². The molecule has 0 aromatic heterocycles. The average Bonchev–Trinajstić information content (AvgIpc) is 2.39. The molecule has 21 heavy (non-hydrogen) atoms. The molecule has 1 aromatic rings. The molecule has 1 heterocycles. The number of ether oxygens (including phenoxy) is 1. The summed E-state index contributed by atoms with van der Waals surface area (Å²) in [5.74, 6) is 0. The van der Waals surface area contributed by atoms with Gasteiger partial charge in [-0.1, -0.05) is 12.1 Å². The summed E-state index contributed by atoms with van der Waals surface area (Å²) in [4.78, 5) is 2.48. The number of rotatable bonds is 3. The molecule has 2 atom stereocenters. The van der Waals surface area contributed by atoms with E-state index in [2.05, 4.69) is 70.0 Å². The van der Waals surface area contributed by atoms with Gasteiger partial charge in [0.1, 0.15) is 0 Å². The first-order valence-corrected chi connectivity index (χ1v) is 7.99. The van der Waals surface area contributed by atoms with Crippen LogP contribution in [0, 0.1) is 6.92 Å². The molecule has 2 rings (SSSR count). The number of benzene rings is 1. The fraction of sp³-hybridized carbons (Fsp3) is 0.667. The second kappa shape index (κ2) is 6.37. The Balaban J connectivity index is 2.11. The van der Waals surface area contributed by atoms with Crippen LogP contribution in [0.1, 0.15) is 45.7 Å². The zero-order chi connectivity index (χ0) is 15.6. The maximum Gasteiger partial charge on any atom is 0.0723 e. The molecule has 118 valence electrons. The molecule has 3 heteroatoms. The van der Waals surface area contributed by atoms with Gasteiger partial charge in [-0.15, -0.1) is 0 Å². The first kappa shape index (κ1) is 16.3. The molecule has 0 aliphatic carbocycles. The SMILES string of the molecule is Cc1cc(CNC(C)(C)C)ccc1N1CC(C)OCC1C. The Morgan fingerprint density at radius 2 is 2.00 bits per heavy atom. The van der Waals surface area contributed by atoms with E-state index in [0.29, 0.717) is 12.1 Å². The van der Waals surface area contributed by atoms with E-state index in [9.17, 15) is 0 Å². The van der Waals surface area contributed by atoms with Crippen LogP contribution < -0.4 is 10.2 Å². The fourth-order valence-corrected chi connectivity index (χ4v) is 2.76. The maximum atomic E-state index is 5.73. The summed E-state index contributed by atoms with van der Waals surface area (Å²) in [5, 5.41) is 3.55. The van der Waals surface area contributed by atoms with Crippen molar-refractivity contribution in [3.8, 4) is 0 Å². The molecule has 0 amide bonds. The number of hydrogen-bond donors (Lipinski definition) is 1. The van der Waals surface area contributed by atoms with Crippen LogP contribution in [0.15, 0.2) is 18.2 Å². The number of aryl methyl sites for hydroxylation is 1. The highest BCUT2D eigenvalue weighted by atomic mass is 16.5. The Kier molecular flexibility index (Phi) is 4.95. The van der Waals surface area contributed by atoms with Crippen molar-refractivity contribution in [3.63, 3.8) is 0 Å². The van der Waals surface area contributed by atoms with E-state index in [1.54, 1.807) is 0 Å². The molecule has 2 unspecified atom stereocenters. The fourth-order valence-electron chi connectivity index (χ4n) is 2.76. The van der Waals surface area contributed by atoms with Crippen molar-refractivity contribution in [1.82, 2.24) is 5.32 Å². The molecule has 0 bridgehead atoms. The lowest BCUT2D eigenvalue weighted by Crippen LogP contribution is -2.47. The van der Waals surface area contributed by atoms with Crippen molar-refractivity contribution in [2.45, 2.75) is 65.8 Å². The van der Waals surface area contributed by atoms with Gasteiger partial charge < -0.3 is 15.0 Å². The summed E-state index contributed by atoms with van der Waals surface area (Å²) >= 11 is 0. The Morgan fingerprint density at radius 3 is 2.62 bits per heavy atom. The first-order chi connectivity index (χ1) is 9.76. The molecule has 1 aromatic carbocycles. The summed E-state index contributed by atoms with van der Waals surface area (Å²) in [7, 11) is 0. The topological polar surface area (TPSA) is 24.5 Å². The Bertz CT molecular complexity index is 479. The van der Waals surface area contributed by atoms with Gasteiger partial charge in [-0.2, -0.15) is 0 Å². The molecular weight excluding hydrogens is 260 g/mol. The zero-order valence-corrected chi connectivity index (χ0v) is 14.4. The summed E-state index contributed by atoms with van der Waals surface area (Å²) in [6.45, 7) is 15.9. The quantitative estimate of drug-likeness (QED) is 0.922. The van der Waals surface area contributed by atoms with E-state index >= 15 is 0 Å². The molecule has 1 aliphatic heterocycles. The number of nitrogens with one attached hydrogen (secondary N) is 1. The predicted octanol–water partition coefficient (Wildman–Crippen LogP) is 3.50. The smallest absolute Gasteiger partial charge is 0.0723 e. The Morgan fingerprint density at radius 1 is 1.29 bits per heavy atom. The van der Waals surface area contributed by atoms with Crippen LogP contribution in [0.3, 0.4) is 0 Å². The lowest BCUT2D eigenvalue weighted by atomic mass is 10.0. The average molecular weight is 290 g/mol. The molecule has 1 N–H and O–H groups in total. The van der Waals surface area contributed by atoms with Crippen molar-refractivity contribution in [3.05, 3.63) is 29.3 Å². The van der Waals surface area contributed by atoms with Gasteiger partial charge in [-0.05, 0) is 58.7 Å². The Hall–Kier alpha value is -1.06. The number of nitrogens with zero attached hydrogens (tertiary/aromatic N) is 1. The van der Waals surface area contributed by atoms with E-state index in [4.69, 9.17) is 4.74 Å². The van der Waals surface area contributed by atoms with Crippen molar-refractivity contribution in [2.24, 2.45) is 0 Å². The van der Waals surface area contributed by atoms with Crippen LogP contribution >= 0.6 is 0 Å². The third kappa shape index (κ3) is 4.45. The highest BCUT2D eigenvalue weighted by Gasteiger charge is 2.24. The van der Waals surface area contributed by atoms with Gasteiger partial charge >= 0.3 is 0 Å². The summed E-state index contributed by atoms with van der Waals surface area (Å²) in [6.07, 6.45) is 0.308. The van der Waals surface area contributed by atoms with E-state index in [0.717, 1.165) is 19.7 Å². The largest absolute Gasteiger partial charge is 0.375 e. The highest BCUT2D eigenvalue weighted by molar-refractivity contribution is 5.55. The van der Waals surface area contributed by atoms with Gasteiger partial charge in [0.05, 0.1) is 12.7 Å². The molecule has 1 fully saturated rings. The number of hydrogen-bond acceptors (Lipinski definition) is 3. The van der Waals surface area contributed by atoms with Gasteiger partial charge in [0.25, 0.3) is 0 Å². The van der Waals surface area contributed by atoms with Gasteiger partial charge in [-0.3, -0.25) is 0 Å². The Labute approximate surface area is 129 Å². The standard InChI is InChI=1S/C18H30N2O/c1-13-9-16(10-19-18(4,5)6)7-8-17(13)20-11-15(3)21-12-14(20)2/h7-9,14-15,19H,10-12H2,1-6H3. The third-order valence-corrected chi connectivity index (χ3v) is 4.00. The van der Waals surface area contributed by atoms with Crippen LogP contribution in [0.2, 0.25) is 0 Å². The second-order valence-electron chi connectivity index (χ2n) is 7.37. The number of anilines is 1. The van der Waals surface area contributed by atoms with Crippen molar-refractivity contribution >= 4 is 5.69 Å². The minimum absolute atomic E-state index is 0.154. The van der Waals surface area contributed by atoms with E-state index in [1.807, 2.05) is 0 Å². The normalized spacial score (nSPS) is 23.4. The lowest BCUT2D eigenvalue weighted by Gasteiger charge is -2.39. The molecular formula is C18H30N2O. The molecule has 1 saturated heterocycles. The van der Waals surface area contributed by atoms with Crippen molar-refractivity contribution in [1.29, 1.82) is 0 Å². The minimum Gasteiger partial charge on any atom is -0.375 e. The summed E-state index contributed by atoms with van der Waals surface area (Å²) < 4.78 is 5.73. The molecule has 3 nitrogen and oxygen atoms in total. The van der Waals surface area contributed by atoms with Crippen LogP contribution in [0.4, 0.5) is 5.69 Å². The molecule has 0 spiro atoms. The van der Waals surface area contributed by atoms with Gasteiger partial charge in [-0.25, -0.2) is 0 Å². The maximum absolute atomic E-state index is 5.73. The van der Waals surface area contributed by atoms with E-state index in [1.165, 1.54) is 16.8 Å². The first-order valence-electron chi connectivity index (χ1n) is 7.99. The summed E-state index contributed by atoms with van der Waals surface area (Å²) in [6, 6.07) is 7.26. The second-order valence-corrected chi connectivity index (χ2v) is 7.37. The van der Waals surface area contributed by atoms with Gasteiger partial charge in [0.15, 0.2) is 0 Å². The zero-order valence-electron chi connectivity index (χ0n) is 14.4. The molecule has 0 radical (unpaired) electrons. The minimum atomic E-state index is 0.154. The van der Waals surface area contributed by atoms with Crippen LogP contribution in [-0.2, 0) is 11.3 Å².